The van der Waals surface area contributed by atoms with E-state index < -0.39 is 6.04 Å². The molecule has 78 valence electrons. The molecule has 1 aliphatic rings. The Morgan fingerprint density at radius 1 is 1.47 bits per heavy atom. The average Bonchev–Trinajstić information content (AvgIpc) is 2.37. The molecular formula is C11H11NO3. The van der Waals surface area contributed by atoms with Crippen LogP contribution in [0.25, 0.3) is 0 Å². The third kappa shape index (κ3) is 1.75. The van der Waals surface area contributed by atoms with Crippen molar-refractivity contribution >= 4 is 5.78 Å². The molecule has 1 unspecified atom stereocenters. The van der Waals surface area contributed by atoms with Gasteiger partial charge in [-0.2, -0.15) is 4.91 Å². The van der Waals surface area contributed by atoms with Gasteiger partial charge in [-0.1, -0.05) is 11.2 Å². The highest BCUT2D eigenvalue weighted by Crippen LogP contribution is 2.26. The number of ether oxygens (including phenoxy) is 1. The largest absolute Gasteiger partial charge is 0.493 e. The monoisotopic (exact) mass is 205 g/mol. The lowest BCUT2D eigenvalue weighted by Crippen LogP contribution is -2.17. The van der Waals surface area contributed by atoms with Crippen molar-refractivity contribution < 1.29 is 9.53 Å². The van der Waals surface area contributed by atoms with E-state index in [9.17, 15) is 9.70 Å². The summed E-state index contributed by atoms with van der Waals surface area (Å²) in [5, 5.41) is 2.83. The predicted octanol–water partition coefficient (Wildman–Crippen LogP) is 2.10. The highest BCUT2D eigenvalue weighted by atomic mass is 16.5. The van der Waals surface area contributed by atoms with Gasteiger partial charge in [0.05, 0.1) is 12.2 Å². The molecule has 0 aliphatic carbocycles. The van der Waals surface area contributed by atoms with Crippen molar-refractivity contribution in [1.82, 2.24) is 0 Å². The Bertz CT molecular complexity index is 414. The molecule has 1 heterocycles. The van der Waals surface area contributed by atoms with Crippen LogP contribution in [0.4, 0.5) is 0 Å². The molecule has 0 saturated carbocycles. The van der Waals surface area contributed by atoms with E-state index in [1.807, 2.05) is 13.0 Å². The van der Waals surface area contributed by atoms with Gasteiger partial charge in [0, 0.05) is 6.42 Å². The zero-order valence-corrected chi connectivity index (χ0v) is 8.40. The van der Waals surface area contributed by atoms with E-state index in [2.05, 4.69) is 5.18 Å². The second kappa shape index (κ2) is 3.81. The van der Waals surface area contributed by atoms with Gasteiger partial charge in [-0.05, 0) is 24.6 Å². The van der Waals surface area contributed by atoms with Crippen molar-refractivity contribution in [3.05, 3.63) is 34.2 Å². The van der Waals surface area contributed by atoms with Gasteiger partial charge >= 0.3 is 0 Å². The number of carbonyl (C=O) groups excluding carboxylic acids is 1. The first kappa shape index (κ1) is 9.83. The van der Waals surface area contributed by atoms with E-state index in [1.165, 1.54) is 0 Å². The molecule has 0 saturated heterocycles. The summed E-state index contributed by atoms with van der Waals surface area (Å²) in [6.07, 6.45) is 0.357. The molecule has 0 spiro atoms. The Balaban J connectivity index is 2.47. The van der Waals surface area contributed by atoms with Gasteiger partial charge in [-0.15, -0.1) is 0 Å². The number of ketones is 1. The van der Waals surface area contributed by atoms with Crippen molar-refractivity contribution in [2.24, 2.45) is 5.18 Å². The van der Waals surface area contributed by atoms with Gasteiger partial charge in [-0.25, -0.2) is 0 Å². The number of nitroso groups, excluding NO2 is 1. The highest BCUT2D eigenvalue weighted by Gasteiger charge is 2.27. The van der Waals surface area contributed by atoms with E-state index in [0.717, 1.165) is 5.56 Å². The van der Waals surface area contributed by atoms with Gasteiger partial charge in [-0.3, -0.25) is 4.79 Å². The molecule has 0 aromatic heterocycles. The summed E-state index contributed by atoms with van der Waals surface area (Å²) in [4.78, 5) is 22.3. The maximum Gasteiger partial charge on any atom is 0.194 e. The van der Waals surface area contributed by atoms with Crippen LogP contribution in [0, 0.1) is 11.8 Å². The number of benzene rings is 1. The van der Waals surface area contributed by atoms with Crippen LogP contribution in [0.3, 0.4) is 0 Å². The fourth-order valence-corrected chi connectivity index (χ4v) is 1.64. The number of hydrogen-bond acceptors (Lipinski definition) is 4. The van der Waals surface area contributed by atoms with Crippen molar-refractivity contribution in [3.63, 3.8) is 0 Å². The minimum absolute atomic E-state index is 0.238. The quantitative estimate of drug-likeness (QED) is 0.659. The molecule has 0 radical (unpaired) electrons. The molecule has 0 bridgehead atoms. The van der Waals surface area contributed by atoms with Crippen LogP contribution in [0.15, 0.2) is 23.4 Å². The zero-order valence-electron chi connectivity index (χ0n) is 8.40. The standard InChI is InChI=1S/C11H11NO3/c1-7-2-3-8-10(6-7)15-5-4-9(12-14)11(8)13/h2-3,6,9H,4-5H2,1H3. The van der Waals surface area contributed by atoms with E-state index in [0.29, 0.717) is 24.3 Å². The second-order valence-corrected chi connectivity index (χ2v) is 3.62. The Hall–Kier alpha value is -1.71. The number of aryl methyl sites for hydroxylation is 1. The van der Waals surface area contributed by atoms with Crippen LogP contribution >= 0.6 is 0 Å². The van der Waals surface area contributed by atoms with Crippen molar-refractivity contribution in [1.29, 1.82) is 0 Å². The summed E-state index contributed by atoms with van der Waals surface area (Å²) in [6.45, 7) is 2.28. The van der Waals surface area contributed by atoms with Crippen LogP contribution in [-0.4, -0.2) is 18.4 Å². The van der Waals surface area contributed by atoms with Gasteiger partial charge in [0.2, 0.25) is 0 Å². The lowest BCUT2D eigenvalue weighted by atomic mass is 10.0. The lowest BCUT2D eigenvalue weighted by molar-refractivity contribution is 0.0961. The van der Waals surface area contributed by atoms with Crippen LogP contribution in [-0.2, 0) is 0 Å². The first-order valence-corrected chi connectivity index (χ1v) is 4.82. The fourth-order valence-electron chi connectivity index (χ4n) is 1.64. The molecule has 0 N–H and O–H groups in total. The minimum atomic E-state index is -0.797. The van der Waals surface area contributed by atoms with Crippen LogP contribution in [0.5, 0.6) is 5.75 Å². The van der Waals surface area contributed by atoms with Crippen molar-refractivity contribution in [2.45, 2.75) is 19.4 Å². The Kier molecular flexibility index (Phi) is 2.49. The first-order chi connectivity index (χ1) is 7.22. The number of rotatable bonds is 1. The number of nitrogens with zero attached hydrogens (tertiary/aromatic N) is 1. The summed E-state index contributed by atoms with van der Waals surface area (Å²) < 4.78 is 5.41. The third-order valence-corrected chi connectivity index (χ3v) is 2.48. The molecule has 15 heavy (non-hydrogen) atoms. The molecule has 2 rings (SSSR count). The SMILES string of the molecule is Cc1ccc2c(c1)OCCC(N=O)C2=O. The predicted molar refractivity (Wildman–Crippen MR) is 55.2 cm³/mol. The average molecular weight is 205 g/mol. The number of fused-ring (bicyclic) bond motifs is 1. The molecule has 0 fully saturated rings. The topological polar surface area (TPSA) is 55.7 Å². The normalized spacial score (nSPS) is 20.1. The van der Waals surface area contributed by atoms with Crippen LogP contribution in [0.2, 0.25) is 0 Å². The summed E-state index contributed by atoms with van der Waals surface area (Å²) >= 11 is 0. The van der Waals surface area contributed by atoms with E-state index in [4.69, 9.17) is 4.74 Å². The minimum Gasteiger partial charge on any atom is -0.493 e. The maximum absolute atomic E-state index is 11.8. The molecular weight excluding hydrogens is 194 g/mol. The number of hydrogen-bond donors (Lipinski definition) is 0. The lowest BCUT2D eigenvalue weighted by Gasteiger charge is -2.06. The first-order valence-electron chi connectivity index (χ1n) is 4.82. The van der Waals surface area contributed by atoms with E-state index in [1.54, 1.807) is 12.1 Å². The zero-order chi connectivity index (χ0) is 10.8. The summed E-state index contributed by atoms with van der Waals surface area (Å²) in [5.74, 6) is 0.323. The van der Waals surface area contributed by atoms with Gasteiger partial charge in [0.25, 0.3) is 0 Å². The maximum atomic E-state index is 11.8. The molecule has 1 aromatic rings. The Morgan fingerprint density at radius 3 is 3.00 bits per heavy atom. The summed E-state index contributed by atoms with van der Waals surface area (Å²) in [5.41, 5.74) is 1.49. The molecule has 1 atom stereocenters. The van der Waals surface area contributed by atoms with E-state index in [-0.39, 0.29) is 5.78 Å². The van der Waals surface area contributed by atoms with Gasteiger partial charge in [0.15, 0.2) is 11.8 Å². The van der Waals surface area contributed by atoms with Gasteiger partial charge < -0.3 is 4.74 Å². The highest BCUT2D eigenvalue weighted by molar-refractivity contribution is 6.02. The molecule has 4 nitrogen and oxygen atoms in total. The van der Waals surface area contributed by atoms with E-state index >= 15 is 0 Å². The van der Waals surface area contributed by atoms with Crippen LogP contribution in [0.1, 0.15) is 22.3 Å². The third-order valence-electron chi connectivity index (χ3n) is 2.48. The molecule has 0 amide bonds. The molecule has 1 aliphatic heterocycles. The summed E-state index contributed by atoms with van der Waals surface area (Å²) in [6, 6.07) is 4.53. The van der Waals surface area contributed by atoms with Crippen molar-refractivity contribution in [3.8, 4) is 5.75 Å². The summed E-state index contributed by atoms with van der Waals surface area (Å²) in [7, 11) is 0. The number of carbonyl (C=O) groups is 1. The van der Waals surface area contributed by atoms with Gasteiger partial charge in [0.1, 0.15) is 5.75 Å². The number of Topliss-reactive ketones (excluding diaryl/α,β-unsaturated/α-hetero) is 1. The Morgan fingerprint density at radius 2 is 2.27 bits per heavy atom. The molecule has 1 aromatic carbocycles. The Labute approximate surface area is 87.2 Å². The van der Waals surface area contributed by atoms with Crippen LogP contribution < -0.4 is 4.74 Å². The molecule has 4 heteroatoms. The smallest absolute Gasteiger partial charge is 0.194 e. The fraction of sp³-hybridized carbons (Fsp3) is 0.364. The second-order valence-electron chi connectivity index (χ2n) is 3.62. The van der Waals surface area contributed by atoms with Crippen molar-refractivity contribution in [2.75, 3.05) is 6.61 Å².